The van der Waals surface area contributed by atoms with E-state index in [1.54, 1.807) is 0 Å². The van der Waals surface area contributed by atoms with E-state index in [2.05, 4.69) is 22.7 Å². The predicted molar refractivity (Wildman–Crippen MR) is 89.1 cm³/mol. The van der Waals surface area contributed by atoms with E-state index in [-0.39, 0.29) is 11.8 Å². The highest BCUT2D eigenvalue weighted by Crippen LogP contribution is 2.47. The van der Waals surface area contributed by atoms with Gasteiger partial charge < -0.3 is 0 Å². The van der Waals surface area contributed by atoms with Gasteiger partial charge in [-0.15, -0.1) is 0 Å². The van der Waals surface area contributed by atoms with Crippen LogP contribution in [-0.4, -0.2) is 11.6 Å². The van der Waals surface area contributed by atoms with Crippen LogP contribution in [0.5, 0.6) is 0 Å². The van der Waals surface area contributed by atoms with Gasteiger partial charge in [-0.25, -0.2) is 5.43 Å². The molecule has 1 amide bonds. The van der Waals surface area contributed by atoms with Crippen LogP contribution in [0.1, 0.15) is 30.4 Å². The Kier molecular flexibility index (Phi) is 4.25. The average molecular weight is 313 g/mol. The number of benzene rings is 2. The van der Waals surface area contributed by atoms with Crippen molar-refractivity contribution in [3.63, 3.8) is 0 Å². The number of carbonyl (C=O) groups excluding carboxylic acids is 1. The molecule has 2 aromatic carbocycles. The highest BCUT2D eigenvalue weighted by Gasteiger charge is 2.43. The van der Waals surface area contributed by atoms with Crippen LogP contribution in [0.3, 0.4) is 0 Å². The normalized spacial score (nSPS) is 20.5. The summed E-state index contributed by atoms with van der Waals surface area (Å²) >= 11 is 6.12. The van der Waals surface area contributed by atoms with Crippen molar-refractivity contribution in [1.29, 1.82) is 0 Å². The number of hydrazone groups is 1. The molecule has 1 N–H and O–H groups in total. The molecule has 2 atom stereocenters. The Morgan fingerprint density at radius 2 is 1.82 bits per heavy atom. The number of halogens is 1. The molecule has 22 heavy (non-hydrogen) atoms. The molecule has 112 valence electrons. The van der Waals surface area contributed by atoms with Gasteiger partial charge in [0.15, 0.2) is 0 Å². The molecule has 0 aliphatic heterocycles. The van der Waals surface area contributed by atoms with Crippen LogP contribution in [0.2, 0.25) is 5.02 Å². The van der Waals surface area contributed by atoms with Gasteiger partial charge >= 0.3 is 0 Å². The molecule has 3 nitrogen and oxygen atoms in total. The number of carbonyl (C=O) groups is 1. The predicted octanol–water partition coefficient (Wildman–Crippen LogP) is 3.98. The maximum absolute atomic E-state index is 12.2. The summed E-state index contributed by atoms with van der Waals surface area (Å²) in [5.74, 6) is 0.308. The molecule has 1 aliphatic rings. The van der Waals surface area contributed by atoms with Gasteiger partial charge in [-0.3, -0.25) is 4.79 Å². The Balaban J connectivity index is 1.62. The number of hydrogen-bond donors (Lipinski definition) is 1. The summed E-state index contributed by atoms with van der Waals surface area (Å²) in [5.41, 5.74) is 5.42. The van der Waals surface area contributed by atoms with Crippen molar-refractivity contribution in [2.45, 2.75) is 19.3 Å². The second kappa shape index (κ2) is 6.32. The zero-order valence-electron chi connectivity index (χ0n) is 12.3. The SMILES string of the molecule is CC(=NNC(=O)[C@@H]1C[C@@H]1c1ccccc1)c1ccccc1Cl. The highest BCUT2D eigenvalue weighted by molar-refractivity contribution is 6.34. The molecular formula is C18H17ClN2O. The minimum Gasteiger partial charge on any atom is -0.273 e. The first-order valence-electron chi connectivity index (χ1n) is 7.31. The standard InChI is InChI=1S/C18H17ClN2O/c1-12(14-9-5-6-10-17(14)19)20-21-18(22)16-11-15(16)13-7-3-2-4-8-13/h2-10,15-16H,11H2,1H3,(H,21,22)/t15-,16-/m1/s1. The molecule has 1 aliphatic carbocycles. The Labute approximate surface area is 135 Å². The van der Waals surface area contributed by atoms with Gasteiger partial charge in [0.05, 0.1) is 5.71 Å². The molecule has 0 aromatic heterocycles. The summed E-state index contributed by atoms with van der Waals surface area (Å²) in [6.45, 7) is 1.84. The van der Waals surface area contributed by atoms with Crippen LogP contribution in [0, 0.1) is 5.92 Å². The second-order valence-electron chi connectivity index (χ2n) is 5.51. The van der Waals surface area contributed by atoms with E-state index < -0.39 is 0 Å². The van der Waals surface area contributed by atoms with E-state index in [4.69, 9.17) is 11.6 Å². The molecule has 3 rings (SSSR count). The lowest BCUT2D eigenvalue weighted by Crippen LogP contribution is -2.21. The lowest BCUT2D eigenvalue weighted by molar-refractivity contribution is -0.122. The molecule has 1 fully saturated rings. The fraction of sp³-hybridized carbons (Fsp3) is 0.222. The van der Waals surface area contributed by atoms with Crippen LogP contribution in [0.25, 0.3) is 0 Å². The number of nitrogens with one attached hydrogen (secondary N) is 1. The molecule has 4 heteroatoms. The smallest absolute Gasteiger partial charge is 0.243 e. The molecule has 0 radical (unpaired) electrons. The van der Waals surface area contributed by atoms with Crippen molar-refractivity contribution in [2.24, 2.45) is 11.0 Å². The fourth-order valence-electron chi connectivity index (χ4n) is 2.59. The zero-order chi connectivity index (χ0) is 15.5. The van der Waals surface area contributed by atoms with E-state index in [9.17, 15) is 4.79 Å². The quantitative estimate of drug-likeness (QED) is 0.673. The molecule has 2 aromatic rings. The zero-order valence-corrected chi connectivity index (χ0v) is 13.0. The van der Waals surface area contributed by atoms with Crippen molar-refractivity contribution >= 4 is 23.2 Å². The summed E-state index contributed by atoms with van der Waals surface area (Å²) < 4.78 is 0. The summed E-state index contributed by atoms with van der Waals surface area (Å²) in [4.78, 5) is 12.2. The molecule has 0 saturated heterocycles. The van der Waals surface area contributed by atoms with Crippen molar-refractivity contribution in [2.75, 3.05) is 0 Å². The molecule has 1 saturated carbocycles. The van der Waals surface area contributed by atoms with Crippen LogP contribution >= 0.6 is 11.6 Å². The molecule has 0 unspecified atom stereocenters. The van der Waals surface area contributed by atoms with Crippen molar-refractivity contribution in [3.05, 3.63) is 70.7 Å². The number of rotatable bonds is 4. The fourth-order valence-corrected chi connectivity index (χ4v) is 2.86. The van der Waals surface area contributed by atoms with E-state index >= 15 is 0 Å². The van der Waals surface area contributed by atoms with Crippen molar-refractivity contribution in [1.82, 2.24) is 5.43 Å². The third-order valence-electron chi connectivity index (χ3n) is 3.95. The number of hydrogen-bond acceptors (Lipinski definition) is 2. The minimum absolute atomic E-state index is 0.0187. The topological polar surface area (TPSA) is 41.5 Å². The average Bonchev–Trinajstić information content (AvgIpc) is 3.34. The first-order valence-corrected chi connectivity index (χ1v) is 7.68. The lowest BCUT2D eigenvalue weighted by atomic mass is 10.1. The Hall–Kier alpha value is -2.13. The molecular weight excluding hydrogens is 296 g/mol. The summed E-state index contributed by atoms with van der Waals surface area (Å²) in [6.07, 6.45) is 0.885. The lowest BCUT2D eigenvalue weighted by Gasteiger charge is -2.04. The minimum atomic E-state index is -0.0275. The monoisotopic (exact) mass is 312 g/mol. The Morgan fingerprint density at radius 1 is 1.14 bits per heavy atom. The van der Waals surface area contributed by atoms with Crippen molar-refractivity contribution in [3.8, 4) is 0 Å². The highest BCUT2D eigenvalue weighted by atomic mass is 35.5. The number of amides is 1. The molecule has 0 heterocycles. The van der Waals surface area contributed by atoms with Gasteiger partial charge in [0.1, 0.15) is 0 Å². The summed E-state index contributed by atoms with van der Waals surface area (Å²) in [7, 11) is 0. The third-order valence-corrected chi connectivity index (χ3v) is 4.28. The summed E-state index contributed by atoms with van der Waals surface area (Å²) in [5, 5.41) is 4.81. The first kappa shape index (κ1) is 14.8. The maximum atomic E-state index is 12.2. The maximum Gasteiger partial charge on any atom is 0.243 e. The van der Waals surface area contributed by atoms with Gasteiger partial charge in [-0.05, 0) is 30.9 Å². The van der Waals surface area contributed by atoms with Gasteiger partial charge in [0.2, 0.25) is 5.91 Å². The Bertz CT molecular complexity index is 712. The number of nitrogens with zero attached hydrogens (tertiary/aromatic N) is 1. The van der Waals surface area contributed by atoms with Gasteiger partial charge in [0.25, 0.3) is 0 Å². The summed E-state index contributed by atoms with van der Waals surface area (Å²) in [6, 6.07) is 17.6. The largest absolute Gasteiger partial charge is 0.273 e. The van der Waals surface area contributed by atoms with Crippen LogP contribution in [0.4, 0.5) is 0 Å². The third kappa shape index (κ3) is 3.20. The van der Waals surface area contributed by atoms with Gasteiger partial charge in [-0.2, -0.15) is 5.10 Å². The molecule has 0 bridgehead atoms. The van der Waals surface area contributed by atoms with E-state index in [1.807, 2.05) is 49.4 Å². The van der Waals surface area contributed by atoms with Gasteiger partial charge in [0, 0.05) is 16.5 Å². The Morgan fingerprint density at radius 3 is 2.55 bits per heavy atom. The van der Waals surface area contributed by atoms with E-state index in [0.717, 1.165) is 12.0 Å². The van der Waals surface area contributed by atoms with Crippen LogP contribution in [-0.2, 0) is 4.79 Å². The molecule has 0 spiro atoms. The van der Waals surface area contributed by atoms with Crippen LogP contribution < -0.4 is 5.43 Å². The van der Waals surface area contributed by atoms with Crippen LogP contribution in [0.15, 0.2) is 59.7 Å². The van der Waals surface area contributed by atoms with Crippen molar-refractivity contribution < 1.29 is 4.79 Å². The first-order chi connectivity index (χ1) is 10.7. The van der Waals surface area contributed by atoms with E-state index in [0.29, 0.717) is 16.7 Å². The second-order valence-corrected chi connectivity index (χ2v) is 5.92. The van der Waals surface area contributed by atoms with E-state index in [1.165, 1.54) is 5.56 Å². The van der Waals surface area contributed by atoms with Gasteiger partial charge in [-0.1, -0.05) is 60.1 Å².